The first-order chi connectivity index (χ1) is 8.04. The van der Waals surface area contributed by atoms with Crippen LogP contribution in [0.5, 0.6) is 0 Å². The van der Waals surface area contributed by atoms with E-state index in [1.54, 1.807) is 11.9 Å². The number of anilines is 1. The van der Waals surface area contributed by atoms with E-state index in [9.17, 15) is 9.59 Å². The first-order valence-electron chi connectivity index (χ1n) is 5.72. The quantitative estimate of drug-likeness (QED) is 0.838. The molecule has 90 valence electrons. The van der Waals surface area contributed by atoms with Crippen molar-refractivity contribution in [2.45, 2.75) is 26.3 Å². The Morgan fingerprint density at radius 2 is 2.18 bits per heavy atom. The van der Waals surface area contributed by atoms with E-state index in [-0.39, 0.29) is 11.8 Å². The van der Waals surface area contributed by atoms with Gasteiger partial charge in [-0.1, -0.05) is 19.1 Å². The molecule has 0 fully saturated rings. The Morgan fingerprint density at radius 1 is 1.47 bits per heavy atom. The predicted molar refractivity (Wildman–Crippen MR) is 65.8 cm³/mol. The summed E-state index contributed by atoms with van der Waals surface area (Å²) >= 11 is 0. The van der Waals surface area contributed by atoms with Gasteiger partial charge in [0.05, 0.1) is 0 Å². The Morgan fingerprint density at radius 3 is 2.76 bits per heavy atom. The summed E-state index contributed by atoms with van der Waals surface area (Å²) < 4.78 is 0. The molecule has 4 heteroatoms. The molecule has 1 aliphatic rings. The minimum absolute atomic E-state index is 0.0801. The molecule has 0 spiro atoms. The first-order valence-corrected chi connectivity index (χ1v) is 5.72. The number of fused-ring (bicyclic) bond motifs is 1. The highest BCUT2D eigenvalue weighted by atomic mass is 16.2. The van der Waals surface area contributed by atoms with E-state index in [0.717, 1.165) is 17.7 Å². The van der Waals surface area contributed by atoms with E-state index < -0.39 is 6.04 Å². The molecule has 1 aliphatic heterocycles. The predicted octanol–water partition coefficient (Wildman–Crippen LogP) is 1.40. The van der Waals surface area contributed by atoms with E-state index in [1.807, 2.05) is 18.2 Å². The number of amides is 2. The van der Waals surface area contributed by atoms with E-state index in [1.165, 1.54) is 12.5 Å². The highest BCUT2D eigenvalue weighted by Gasteiger charge is 2.35. The number of benzene rings is 1. The molecule has 0 saturated carbocycles. The van der Waals surface area contributed by atoms with Crippen molar-refractivity contribution >= 4 is 17.5 Å². The van der Waals surface area contributed by atoms with Crippen LogP contribution in [0.2, 0.25) is 0 Å². The maximum absolute atomic E-state index is 12.0. The van der Waals surface area contributed by atoms with Crippen molar-refractivity contribution in [3.8, 4) is 0 Å². The number of carbonyl (C=O) groups is 2. The molecule has 4 nitrogen and oxygen atoms in total. The zero-order valence-corrected chi connectivity index (χ0v) is 10.3. The Bertz CT molecular complexity index is 482. The summed E-state index contributed by atoms with van der Waals surface area (Å²) in [6, 6.07) is 5.42. The molecule has 2 amide bonds. The Balaban J connectivity index is 2.45. The lowest BCUT2D eigenvalue weighted by molar-refractivity contribution is -0.125. The van der Waals surface area contributed by atoms with Gasteiger partial charge in [0.25, 0.3) is 5.91 Å². The highest BCUT2D eigenvalue weighted by Crippen LogP contribution is 2.35. The van der Waals surface area contributed by atoms with Crippen LogP contribution >= 0.6 is 0 Å². The van der Waals surface area contributed by atoms with Crippen molar-refractivity contribution in [1.29, 1.82) is 0 Å². The monoisotopic (exact) mass is 232 g/mol. The van der Waals surface area contributed by atoms with Crippen LogP contribution in [-0.4, -0.2) is 18.9 Å². The number of likely N-dealkylation sites (N-methyl/N-ethyl adjacent to an activating group) is 1. The van der Waals surface area contributed by atoms with Crippen molar-refractivity contribution in [2.24, 2.45) is 0 Å². The van der Waals surface area contributed by atoms with Crippen LogP contribution in [0.1, 0.15) is 31.0 Å². The number of nitrogens with zero attached hydrogens (tertiary/aromatic N) is 1. The fourth-order valence-corrected chi connectivity index (χ4v) is 2.15. The van der Waals surface area contributed by atoms with Crippen LogP contribution in [0.25, 0.3) is 0 Å². The summed E-state index contributed by atoms with van der Waals surface area (Å²) in [5.41, 5.74) is 2.94. The van der Waals surface area contributed by atoms with Gasteiger partial charge in [-0.3, -0.25) is 9.59 Å². The van der Waals surface area contributed by atoms with E-state index in [4.69, 9.17) is 0 Å². The van der Waals surface area contributed by atoms with Crippen LogP contribution in [0.15, 0.2) is 18.2 Å². The fraction of sp³-hybridized carbons (Fsp3) is 0.385. The fourth-order valence-electron chi connectivity index (χ4n) is 2.15. The number of carbonyl (C=O) groups excluding carboxylic acids is 2. The molecule has 0 aliphatic carbocycles. The van der Waals surface area contributed by atoms with Crippen molar-refractivity contribution in [2.75, 3.05) is 11.9 Å². The van der Waals surface area contributed by atoms with E-state index in [2.05, 4.69) is 12.2 Å². The average molecular weight is 232 g/mol. The summed E-state index contributed by atoms with van der Waals surface area (Å²) in [6.45, 7) is 3.49. The minimum Gasteiger partial charge on any atom is -0.341 e. The average Bonchev–Trinajstić information content (AvgIpc) is 2.53. The summed E-state index contributed by atoms with van der Waals surface area (Å²) in [5, 5.41) is 2.70. The molecule has 0 bridgehead atoms. The zero-order chi connectivity index (χ0) is 12.6. The minimum atomic E-state index is -0.529. The maximum Gasteiger partial charge on any atom is 0.254 e. The van der Waals surface area contributed by atoms with Gasteiger partial charge in [0, 0.05) is 25.2 Å². The second-order valence-electron chi connectivity index (χ2n) is 4.28. The summed E-state index contributed by atoms with van der Waals surface area (Å²) in [5.74, 6) is -0.269. The summed E-state index contributed by atoms with van der Waals surface area (Å²) in [7, 11) is 1.73. The third-order valence-electron chi connectivity index (χ3n) is 3.10. The summed E-state index contributed by atoms with van der Waals surface area (Å²) in [4.78, 5) is 24.7. The van der Waals surface area contributed by atoms with E-state index in [0.29, 0.717) is 0 Å². The van der Waals surface area contributed by atoms with Gasteiger partial charge in [-0.25, -0.2) is 0 Å². The molecule has 0 saturated heterocycles. The number of nitrogens with one attached hydrogen (secondary N) is 1. The first kappa shape index (κ1) is 11.6. The normalized spacial score (nSPS) is 18.2. The molecule has 0 aromatic heterocycles. The Kier molecular flexibility index (Phi) is 2.88. The zero-order valence-electron chi connectivity index (χ0n) is 10.3. The van der Waals surface area contributed by atoms with Gasteiger partial charge in [-0.05, 0) is 18.1 Å². The van der Waals surface area contributed by atoms with E-state index >= 15 is 0 Å². The number of aryl methyl sites for hydroxylation is 1. The van der Waals surface area contributed by atoms with Gasteiger partial charge in [-0.2, -0.15) is 0 Å². The van der Waals surface area contributed by atoms with Crippen LogP contribution in [0, 0.1) is 0 Å². The maximum atomic E-state index is 12.0. The lowest BCUT2D eigenvalue weighted by Crippen LogP contribution is -2.34. The second kappa shape index (κ2) is 4.20. The topological polar surface area (TPSA) is 49.4 Å². The smallest absolute Gasteiger partial charge is 0.254 e. The molecule has 1 aromatic rings. The molecule has 2 rings (SSSR count). The largest absolute Gasteiger partial charge is 0.341 e. The van der Waals surface area contributed by atoms with Crippen LogP contribution in [0.3, 0.4) is 0 Å². The highest BCUT2D eigenvalue weighted by molar-refractivity contribution is 6.05. The second-order valence-corrected chi connectivity index (χ2v) is 4.28. The third kappa shape index (κ3) is 1.90. The molecule has 1 N–H and O–H groups in total. The van der Waals surface area contributed by atoms with Crippen molar-refractivity contribution in [3.05, 3.63) is 29.3 Å². The number of hydrogen-bond donors (Lipinski definition) is 1. The molecule has 1 aromatic carbocycles. The number of hydrogen-bond acceptors (Lipinski definition) is 2. The SMILES string of the molecule is CCc1ccc2c(c1)[C@H](NC(C)=O)C(=O)N2C. The lowest BCUT2D eigenvalue weighted by atomic mass is 10.0. The molecular formula is C13H16N2O2. The Labute approximate surface area is 101 Å². The van der Waals surface area contributed by atoms with Crippen LogP contribution < -0.4 is 10.2 Å². The molecule has 0 unspecified atom stereocenters. The van der Waals surface area contributed by atoms with Gasteiger partial charge < -0.3 is 10.2 Å². The van der Waals surface area contributed by atoms with Crippen molar-refractivity contribution in [3.63, 3.8) is 0 Å². The van der Waals surface area contributed by atoms with Crippen molar-refractivity contribution in [1.82, 2.24) is 5.32 Å². The molecule has 0 radical (unpaired) electrons. The van der Waals surface area contributed by atoms with Gasteiger partial charge in [0.1, 0.15) is 6.04 Å². The Hall–Kier alpha value is -1.84. The van der Waals surface area contributed by atoms with Gasteiger partial charge in [0.2, 0.25) is 5.91 Å². The van der Waals surface area contributed by atoms with Crippen LogP contribution in [0.4, 0.5) is 5.69 Å². The molecule has 17 heavy (non-hydrogen) atoms. The molecular weight excluding hydrogens is 216 g/mol. The molecule has 1 heterocycles. The van der Waals surface area contributed by atoms with Gasteiger partial charge in [-0.15, -0.1) is 0 Å². The van der Waals surface area contributed by atoms with Crippen LogP contribution in [-0.2, 0) is 16.0 Å². The standard InChI is InChI=1S/C13H16N2O2/c1-4-9-5-6-11-10(7-9)12(14-8(2)16)13(17)15(11)3/h5-7,12H,4H2,1-3H3,(H,14,16)/t12-/m0/s1. The van der Waals surface area contributed by atoms with Gasteiger partial charge in [0.15, 0.2) is 0 Å². The lowest BCUT2D eigenvalue weighted by Gasteiger charge is -2.11. The van der Waals surface area contributed by atoms with Crippen molar-refractivity contribution < 1.29 is 9.59 Å². The molecule has 1 atom stereocenters. The summed E-state index contributed by atoms with van der Waals surface area (Å²) in [6.07, 6.45) is 0.915. The number of rotatable bonds is 2. The van der Waals surface area contributed by atoms with Gasteiger partial charge >= 0.3 is 0 Å². The third-order valence-corrected chi connectivity index (χ3v) is 3.10.